The molecular formula is C21H34N4O2. The van der Waals surface area contributed by atoms with E-state index in [1.807, 2.05) is 23.1 Å². The van der Waals surface area contributed by atoms with Gasteiger partial charge in [-0.1, -0.05) is 44.2 Å². The van der Waals surface area contributed by atoms with E-state index in [4.69, 9.17) is 5.73 Å². The zero-order valence-corrected chi connectivity index (χ0v) is 16.7. The van der Waals surface area contributed by atoms with Gasteiger partial charge in [0.2, 0.25) is 5.91 Å². The van der Waals surface area contributed by atoms with Crippen LogP contribution < -0.4 is 11.1 Å². The van der Waals surface area contributed by atoms with Crippen molar-refractivity contribution >= 4 is 11.9 Å². The molecule has 1 aliphatic heterocycles. The highest BCUT2D eigenvalue weighted by molar-refractivity contribution is 5.81. The molecule has 3 amide bonds. The number of carbonyl (C=O) groups excluding carboxylic acids is 2. The van der Waals surface area contributed by atoms with Crippen LogP contribution in [0.5, 0.6) is 0 Å². The zero-order chi connectivity index (χ0) is 19.6. The second-order valence-corrected chi connectivity index (χ2v) is 7.71. The first-order chi connectivity index (χ1) is 13.0. The summed E-state index contributed by atoms with van der Waals surface area (Å²) in [6.45, 7) is 7.68. The summed E-state index contributed by atoms with van der Waals surface area (Å²) in [4.78, 5) is 29.1. The van der Waals surface area contributed by atoms with Gasteiger partial charge in [0, 0.05) is 39.3 Å². The van der Waals surface area contributed by atoms with Gasteiger partial charge in [0.25, 0.3) is 0 Å². The number of amides is 3. The van der Waals surface area contributed by atoms with E-state index in [0.717, 1.165) is 19.3 Å². The molecule has 1 saturated heterocycles. The van der Waals surface area contributed by atoms with Gasteiger partial charge >= 0.3 is 6.03 Å². The van der Waals surface area contributed by atoms with E-state index >= 15 is 0 Å². The molecule has 2 rings (SSSR count). The Morgan fingerprint density at radius 2 is 2.00 bits per heavy atom. The van der Waals surface area contributed by atoms with Crippen molar-refractivity contribution < 1.29 is 9.59 Å². The van der Waals surface area contributed by atoms with Gasteiger partial charge in [0.1, 0.15) is 0 Å². The van der Waals surface area contributed by atoms with Crippen molar-refractivity contribution in [2.75, 3.05) is 39.3 Å². The summed E-state index contributed by atoms with van der Waals surface area (Å²) in [7, 11) is 0. The summed E-state index contributed by atoms with van der Waals surface area (Å²) in [5.74, 6) is 0.401. The molecule has 1 unspecified atom stereocenters. The first-order valence-electron chi connectivity index (χ1n) is 10.1. The first-order valence-corrected chi connectivity index (χ1v) is 10.1. The first kappa shape index (κ1) is 21.2. The maximum atomic E-state index is 13.1. The smallest absolute Gasteiger partial charge is 0.317 e. The Labute approximate surface area is 163 Å². The summed E-state index contributed by atoms with van der Waals surface area (Å²) < 4.78 is 0. The van der Waals surface area contributed by atoms with Gasteiger partial charge in [0.05, 0.1) is 5.92 Å². The molecule has 0 aliphatic carbocycles. The van der Waals surface area contributed by atoms with Crippen molar-refractivity contribution in [1.29, 1.82) is 0 Å². The molecular weight excluding hydrogens is 340 g/mol. The molecule has 0 aromatic heterocycles. The fourth-order valence-electron chi connectivity index (χ4n) is 3.42. The third-order valence-corrected chi connectivity index (χ3v) is 4.94. The van der Waals surface area contributed by atoms with Crippen LogP contribution in [0.25, 0.3) is 0 Å². The zero-order valence-electron chi connectivity index (χ0n) is 16.7. The van der Waals surface area contributed by atoms with E-state index in [1.165, 1.54) is 5.56 Å². The number of nitrogens with zero attached hydrogens (tertiary/aromatic N) is 2. The van der Waals surface area contributed by atoms with Gasteiger partial charge in [-0.05, 0) is 30.7 Å². The minimum Gasteiger partial charge on any atom is -0.341 e. The van der Waals surface area contributed by atoms with Crippen molar-refractivity contribution in [1.82, 2.24) is 15.1 Å². The van der Waals surface area contributed by atoms with Crippen LogP contribution in [0.3, 0.4) is 0 Å². The van der Waals surface area contributed by atoms with Crippen molar-refractivity contribution in [3.05, 3.63) is 35.9 Å². The average molecular weight is 375 g/mol. The van der Waals surface area contributed by atoms with Gasteiger partial charge in [0.15, 0.2) is 0 Å². The molecule has 0 radical (unpaired) electrons. The van der Waals surface area contributed by atoms with Crippen molar-refractivity contribution in [2.24, 2.45) is 17.6 Å². The summed E-state index contributed by atoms with van der Waals surface area (Å²) in [5.41, 5.74) is 6.95. The van der Waals surface area contributed by atoms with Crippen LogP contribution in [0.2, 0.25) is 0 Å². The maximum absolute atomic E-state index is 13.1. The van der Waals surface area contributed by atoms with E-state index < -0.39 is 0 Å². The maximum Gasteiger partial charge on any atom is 0.317 e. The van der Waals surface area contributed by atoms with E-state index in [-0.39, 0.29) is 17.9 Å². The number of hydrogen-bond acceptors (Lipinski definition) is 3. The van der Waals surface area contributed by atoms with Gasteiger partial charge in [-0.2, -0.15) is 0 Å². The number of carbonyl (C=O) groups is 2. The molecule has 1 aromatic carbocycles. The number of nitrogens with two attached hydrogens (primary N) is 1. The molecule has 1 aliphatic rings. The third kappa shape index (κ3) is 6.86. The lowest BCUT2D eigenvalue weighted by molar-refractivity contribution is -0.136. The Bertz CT molecular complexity index is 591. The second-order valence-electron chi connectivity index (χ2n) is 7.71. The summed E-state index contributed by atoms with van der Waals surface area (Å²) >= 11 is 0. The Morgan fingerprint density at radius 1 is 1.26 bits per heavy atom. The van der Waals surface area contributed by atoms with E-state index in [9.17, 15) is 9.59 Å². The van der Waals surface area contributed by atoms with Gasteiger partial charge < -0.3 is 20.9 Å². The van der Waals surface area contributed by atoms with Crippen molar-refractivity contribution in [3.8, 4) is 0 Å². The predicted molar refractivity (Wildman–Crippen MR) is 108 cm³/mol. The van der Waals surface area contributed by atoms with Crippen LogP contribution in [0.4, 0.5) is 4.79 Å². The SMILES string of the molecule is CC(C)CNC(=O)N1CCCC(C(=O)N(CCN)CCc2ccccc2)C1. The Morgan fingerprint density at radius 3 is 2.67 bits per heavy atom. The van der Waals surface area contributed by atoms with Crippen LogP contribution >= 0.6 is 0 Å². The fraction of sp³-hybridized carbons (Fsp3) is 0.619. The summed E-state index contributed by atoms with van der Waals surface area (Å²) in [6.07, 6.45) is 2.51. The standard InChI is InChI=1S/C21H34N4O2/c1-17(2)15-23-21(27)25-12-6-9-19(16-25)20(26)24(14-11-22)13-10-18-7-4-3-5-8-18/h3-5,7-8,17,19H,6,9-16,22H2,1-2H3,(H,23,27). The minimum atomic E-state index is -0.133. The highest BCUT2D eigenvalue weighted by Gasteiger charge is 2.31. The average Bonchev–Trinajstić information content (AvgIpc) is 2.69. The molecule has 0 spiro atoms. The largest absolute Gasteiger partial charge is 0.341 e. The minimum absolute atomic E-state index is 0.0594. The number of nitrogens with one attached hydrogen (secondary N) is 1. The molecule has 1 atom stereocenters. The summed E-state index contributed by atoms with van der Waals surface area (Å²) in [5, 5.41) is 2.95. The number of hydrogen-bond donors (Lipinski definition) is 2. The molecule has 0 saturated carbocycles. The van der Waals surface area contributed by atoms with Gasteiger partial charge in [-0.3, -0.25) is 4.79 Å². The highest BCUT2D eigenvalue weighted by atomic mass is 16.2. The van der Waals surface area contributed by atoms with Crippen molar-refractivity contribution in [2.45, 2.75) is 33.1 Å². The van der Waals surface area contributed by atoms with Gasteiger partial charge in [-0.25, -0.2) is 4.79 Å². The van der Waals surface area contributed by atoms with Crippen molar-refractivity contribution in [3.63, 3.8) is 0 Å². The molecule has 3 N–H and O–H groups in total. The Kier molecular flexibility index (Phi) is 8.58. The summed E-state index contributed by atoms with van der Waals surface area (Å²) in [6, 6.07) is 10.1. The number of piperidine rings is 1. The van der Waals surface area contributed by atoms with E-state index in [0.29, 0.717) is 45.2 Å². The molecule has 6 heteroatoms. The fourth-order valence-corrected chi connectivity index (χ4v) is 3.42. The molecule has 0 bridgehead atoms. The Balaban J connectivity index is 1.92. The van der Waals surface area contributed by atoms with Crippen LogP contribution in [0, 0.1) is 11.8 Å². The van der Waals surface area contributed by atoms with Crippen LogP contribution in [-0.2, 0) is 11.2 Å². The number of benzene rings is 1. The molecule has 1 fully saturated rings. The highest BCUT2D eigenvalue weighted by Crippen LogP contribution is 2.19. The van der Waals surface area contributed by atoms with Crippen LogP contribution in [-0.4, -0.2) is 61.0 Å². The quantitative estimate of drug-likeness (QED) is 0.731. The number of rotatable bonds is 8. The lowest BCUT2D eigenvalue weighted by Gasteiger charge is -2.35. The number of likely N-dealkylation sites (tertiary alicyclic amines) is 1. The topological polar surface area (TPSA) is 78.7 Å². The molecule has 150 valence electrons. The van der Waals surface area contributed by atoms with E-state index in [2.05, 4.69) is 31.3 Å². The van der Waals surface area contributed by atoms with E-state index in [1.54, 1.807) is 4.90 Å². The molecule has 1 heterocycles. The van der Waals surface area contributed by atoms with Gasteiger partial charge in [-0.15, -0.1) is 0 Å². The van der Waals surface area contributed by atoms with Crippen LogP contribution in [0.1, 0.15) is 32.3 Å². The third-order valence-electron chi connectivity index (χ3n) is 4.94. The lowest BCUT2D eigenvalue weighted by atomic mass is 9.96. The molecule has 1 aromatic rings. The van der Waals surface area contributed by atoms with Crippen LogP contribution in [0.15, 0.2) is 30.3 Å². The Hall–Kier alpha value is -2.08. The molecule has 6 nitrogen and oxygen atoms in total. The predicted octanol–water partition coefficient (Wildman–Crippen LogP) is 2.09. The second kappa shape index (κ2) is 10.9. The lowest BCUT2D eigenvalue weighted by Crippen LogP contribution is -2.50. The normalized spacial score (nSPS) is 17.0. The number of urea groups is 1. The monoisotopic (exact) mass is 374 g/mol. The molecule has 27 heavy (non-hydrogen) atoms.